The molecule has 0 saturated carbocycles. The number of hydrogen-bond acceptors (Lipinski definition) is 3. The molecule has 1 aliphatic carbocycles. The van der Waals surface area contributed by atoms with E-state index in [4.69, 9.17) is 11.6 Å². The normalized spacial score (nSPS) is 19.9. The van der Waals surface area contributed by atoms with Crippen LogP contribution >= 0.6 is 11.6 Å². The summed E-state index contributed by atoms with van der Waals surface area (Å²) in [6.45, 7) is 1.09. The summed E-state index contributed by atoms with van der Waals surface area (Å²) >= 11 is 5.98. The Hall–Kier alpha value is -3.07. The number of carbonyl (C=O) groups is 1. The first-order valence-electron chi connectivity index (χ1n) is 11.2. The zero-order valence-electron chi connectivity index (χ0n) is 18.2. The van der Waals surface area contributed by atoms with Gasteiger partial charge in [0.05, 0.1) is 24.2 Å². The number of aryl methyl sites for hydroxylation is 1. The van der Waals surface area contributed by atoms with Crippen LogP contribution in [0, 0.1) is 0 Å². The first-order valence-corrected chi connectivity index (χ1v) is 11.6. The van der Waals surface area contributed by atoms with Gasteiger partial charge in [-0.15, -0.1) is 0 Å². The average molecular weight is 490 g/mol. The molecule has 0 radical (unpaired) electrons. The van der Waals surface area contributed by atoms with Gasteiger partial charge in [0.1, 0.15) is 12.2 Å². The SMILES string of the molecule is O=C(NC1CCc2cc(C(F)(F)F)ccc21)N1CCC[C@@H]1c1ncnn1Cc1ccc(Cl)cc1. The quantitative estimate of drug-likeness (QED) is 0.524. The first-order chi connectivity index (χ1) is 16.3. The topological polar surface area (TPSA) is 63.1 Å². The van der Waals surface area contributed by atoms with Gasteiger partial charge in [-0.2, -0.15) is 18.3 Å². The summed E-state index contributed by atoms with van der Waals surface area (Å²) in [5.74, 6) is 0.712. The second-order valence-corrected chi connectivity index (χ2v) is 9.14. The van der Waals surface area contributed by atoms with E-state index in [1.54, 1.807) is 9.58 Å². The summed E-state index contributed by atoms with van der Waals surface area (Å²) in [6.07, 6.45) is -0.200. The van der Waals surface area contributed by atoms with E-state index in [9.17, 15) is 18.0 Å². The Kier molecular flexibility index (Phi) is 5.97. The Morgan fingerprint density at radius 3 is 2.71 bits per heavy atom. The number of halogens is 4. The maximum atomic E-state index is 13.2. The van der Waals surface area contributed by atoms with Crippen molar-refractivity contribution in [3.63, 3.8) is 0 Å². The molecule has 1 unspecified atom stereocenters. The molecule has 178 valence electrons. The number of rotatable bonds is 4. The lowest BCUT2D eigenvalue weighted by Gasteiger charge is -2.27. The largest absolute Gasteiger partial charge is 0.416 e. The number of nitrogens with one attached hydrogen (secondary N) is 1. The molecule has 1 aromatic heterocycles. The molecule has 1 N–H and O–H groups in total. The molecule has 34 heavy (non-hydrogen) atoms. The van der Waals surface area contributed by atoms with Crippen LogP contribution in [0.1, 0.15) is 59.4 Å². The van der Waals surface area contributed by atoms with E-state index in [0.717, 1.165) is 30.0 Å². The molecule has 10 heteroatoms. The van der Waals surface area contributed by atoms with E-state index in [2.05, 4.69) is 15.4 Å². The third-order valence-corrected chi connectivity index (χ3v) is 6.80. The van der Waals surface area contributed by atoms with Gasteiger partial charge >= 0.3 is 12.2 Å². The molecule has 1 aliphatic heterocycles. The minimum Gasteiger partial charge on any atom is -0.331 e. The van der Waals surface area contributed by atoms with Crippen molar-refractivity contribution >= 4 is 17.6 Å². The number of amides is 2. The summed E-state index contributed by atoms with van der Waals surface area (Å²) in [4.78, 5) is 19.4. The third kappa shape index (κ3) is 4.49. The molecule has 5 rings (SSSR count). The van der Waals surface area contributed by atoms with Gasteiger partial charge in [0.25, 0.3) is 0 Å². The molecule has 1 fully saturated rings. The number of fused-ring (bicyclic) bond motifs is 1. The molecule has 2 aromatic carbocycles. The van der Waals surface area contributed by atoms with E-state index in [0.29, 0.717) is 42.3 Å². The highest BCUT2D eigenvalue weighted by molar-refractivity contribution is 6.30. The van der Waals surface area contributed by atoms with Crippen molar-refractivity contribution in [2.24, 2.45) is 0 Å². The van der Waals surface area contributed by atoms with E-state index in [1.807, 2.05) is 24.3 Å². The van der Waals surface area contributed by atoms with Crippen LogP contribution in [0.3, 0.4) is 0 Å². The van der Waals surface area contributed by atoms with Crippen molar-refractivity contribution in [1.29, 1.82) is 0 Å². The van der Waals surface area contributed by atoms with Gasteiger partial charge in [-0.1, -0.05) is 29.8 Å². The summed E-state index contributed by atoms with van der Waals surface area (Å²) in [5, 5.41) is 8.05. The minimum atomic E-state index is -4.37. The van der Waals surface area contributed by atoms with Gasteiger partial charge in [-0.3, -0.25) is 0 Å². The van der Waals surface area contributed by atoms with E-state index >= 15 is 0 Å². The molecular weight excluding hydrogens is 467 g/mol. The molecular formula is C24H23ClF3N5O. The molecule has 2 atom stereocenters. The lowest BCUT2D eigenvalue weighted by molar-refractivity contribution is -0.137. The predicted octanol–water partition coefficient (Wildman–Crippen LogP) is 5.53. The van der Waals surface area contributed by atoms with Gasteiger partial charge in [-0.05, 0) is 66.6 Å². The highest BCUT2D eigenvalue weighted by Crippen LogP contribution is 2.37. The second-order valence-electron chi connectivity index (χ2n) is 8.71. The van der Waals surface area contributed by atoms with Crippen molar-refractivity contribution in [1.82, 2.24) is 25.0 Å². The number of carbonyl (C=O) groups excluding carboxylic acids is 1. The minimum absolute atomic E-state index is 0.219. The number of alkyl halides is 3. The van der Waals surface area contributed by atoms with Crippen LogP contribution < -0.4 is 5.32 Å². The van der Waals surface area contributed by atoms with Crippen LogP contribution in [0.2, 0.25) is 5.02 Å². The van der Waals surface area contributed by atoms with Crippen molar-refractivity contribution < 1.29 is 18.0 Å². The van der Waals surface area contributed by atoms with Crippen LogP contribution in [0.25, 0.3) is 0 Å². The number of urea groups is 1. The van der Waals surface area contributed by atoms with Crippen molar-refractivity contribution in [2.45, 2.75) is 50.5 Å². The Morgan fingerprint density at radius 2 is 1.94 bits per heavy atom. The highest BCUT2D eigenvalue weighted by Gasteiger charge is 2.36. The molecule has 0 spiro atoms. The molecule has 2 aliphatic rings. The summed E-state index contributed by atoms with van der Waals surface area (Å²) in [6, 6.07) is 10.5. The molecule has 6 nitrogen and oxygen atoms in total. The van der Waals surface area contributed by atoms with E-state index < -0.39 is 11.7 Å². The maximum absolute atomic E-state index is 13.2. The van der Waals surface area contributed by atoms with Crippen LogP contribution in [0.4, 0.5) is 18.0 Å². The zero-order chi connectivity index (χ0) is 23.9. The maximum Gasteiger partial charge on any atom is 0.416 e. The third-order valence-electron chi connectivity index (χ3n) is 6.55. The lowest BCUT2D eigenvalue weighted by Crippen LogP contribution is -2.41. The van der Waals surface area contributed by atoms with Crippen LogP contribution in [-0.4, -0.2) is 32.2 Å². The van der Waals surface area contributed by atoms with E-state index in [-0.39, 0.29) is 18.1 Å². The molecule has 3 aromatic rings. The Morgan fingerprint density at radius 1 is 1.15 bits per heavy atom. The van der Waals surface area contributed by atoms with Gasteiger partial charge in [0, 0.05) is 11.6 Å². The second kappa shape index (κ2) is 8.94. The van der Waals surface area contributed by atoms with E-state index in [1.165, 1.54) is 18.5 Å². The summed E-state index contributed by atoms with van der Waals surface area (Å²) in [7, 11) is 0. The van der Waals surface area contributed by atoms with Crippen LogP contribution in [0.15, 0.2) is 48.8 Å². The van der Waals surface area contributed by atoms with Crippen LogP contribution in [-0.2, 0) is 19.1 Å². The smallest absolute Gasteiger partial charge is 0.331 e. The first kappa shape index (κ1) is 22.7. The van der Waals surface area contributed by atoms with Gasteiger partial charge < -0.3 is 10.2 Å². The summed E-state index contributed by atoms with van der Waals surface area (Å²) in [5.41, 5.74) is 1.76. The van der Waals surface area contributed by atoms with Crippen molar-refractivity contribution in [3.05, 3.63) is 81.9 Å². The number of benzene rings is 2. The standard InChI is InChI=1S/C24H23ClF3N5O/c25-18-7-3-15(4-8-18)13-33-22(29-14-30-33)21-2-1-11-32(21)23(34)31-20-10-5-16-12-17(24(26,27)28)6-9-19(16)20/h3-4,6-9,12,14,20-21H,1-2,5,10-11,13H2,(H,31,34)/t20?,21-/m1/s1. The average Bonchev–Trinajstić information content (AvgIpc) is 3.54. The van der Waals surface area contributed by atoms with Gasteiger partial charge in [0.15, 0.2) is 0 Å². The molecule has 1 saturated heterocycles. The zero-order valence-corrected chi connectivity index (χ0v) is 19.0. The predicted molar refractivity (Wildman–Crippen MR) is 120 cm³/mol. The summed E-state index contributed by atoms with van der Waals surface area (Å²) < 4.78 is 40.9. The number of aromatic nitrogens is 3. The van der Waals surface area contributed by atoms with Crippen molar-refractivity contribution in [2.75, 3.05) is 6.54 Å². The monoisotopic (exact) mass is 489 g/mol. The Balaban J connectivity index is 1.30. The Labute approximate surface area is 199 Å². The number of nitrogens with zero attached hydrogens (tertiary/aromatic N) is 4. The Bertz CT molecular complexity index is 1190. The number of hydrogen-bond donors (Lipinski definition) is 1. The highest BCUT2D eigenvalue weighted by atomic mass is 35.5. The molecule has 0 bridgehead atoms. The van der Waals surface area contributed by atoms with Gasteiger partial charge in [-0.25, -0.2) is 14.5 Å². The van der Waals surface area contributed by atoms with Crippen molar-refractivity contribution in [3.8, 4) is 0 Å². The lowest BCUT2D eigenvalue weighted by atomic mass is 10.0. The fraction of sp³-hybridized carbons (Fsp3) is 0.375. The fourth-order valence-corrected chi connectivity index (χ4v) is 5.00. The van der Waals surface area contributed by atoms with Gasteiger partial charge in [0.2, 0.25) is 0 Å². The fourth-order valence-electron chi connectivity index (χ4n) is 4.87. The van der Waals surface area contributed by atoms with Crippen LogP contribution in [0.5, 0.6) is 0 Å². The number of likely N-dealkylation sites (tertiary alicyclic amines) is 1. The molecule has 2 heterocycles. The molecule has 2 amide bonds.